The number of rotatable bonds is 4. The van der Waals surface area contributed by atoms with Gasteiger partial charge in [-0.15, -0.1) is 0 Å². The van der Waals surface area contributed by atoms with E-state index in [1.807, 2.05) is 13.8 Å². The van der Waals surface area contributed by atoms with Gasteiger partial charge in [-0.2, -0.15) is 5.10 Å². The van der Waals surface area contributed by atoms with Crippen LogP contribution in [0.4, 0.5) is 5.82 Å². The van der Waals surface area contributed by atoms with E-state index in [2.05, 4.69) is 25.4 Å². The van der Waals surface area contributed by atoms with Crippen LogP contribution in [0.5, 0.6) is 0 Å². The van der Waals surface area contributed by atoms with E-state index in [-0.39, 0.29) is 11.9 Å². The molecule has 2 aromatic rings. The second-order valence-corrected chi connectivity index (χ2v) is 6.32. The summed E-state index contributed by atoms with van der Waals surface area (Å²) in [7, 11) is 0. The highest BCUT2D eigenvalue weighted by Gasteiger charge is 2.30. The Hall–Kier alpha value is -1.92. The monoisotopic (exact) mass is 333 g/mol. The Morgan fingerprint density at radius 1 is 1.48 bits per heavy atom. The van der Waals surface area contributed by atoms with Crippen molar-refractivity contribution >= 4 is 23.3 Å². The number of amides is 1. The summed E-state index contributed by atoms with van der Waals surface area (Å²) >= 11 is 5.80. The van der Waals surface area contributed by atoms with Crippen LogP contribution < -0.4 is 5.32 Å². The number of aromatic nitrogens is 3. The molecule has 1 unspecified atom stereocenters. The number of pyridine rings is 1. The number of nitrogens with one attached hydrogen (secondary N) is 2. The molecular formula is C16H20ClN5O. The standard InChI is InChI=1S/C16H20ClN5O/c1-10-16(11(2)21-20-10)13-4-3-7-22(13)9-15(23)19-14-6-5-12(17)8-18-14/h5-6,8,13H,3-4,7,9H2,1-2H3,(H,20,21)(H,18,19,23). The van der Waals surface area contributed by atoms with E-state index in [1.54, 1.807) is 12.1 Å². The number of aromatic amines is 1. The zero-order chi connectivity index (χ0) is 16.4. The minimum Gasteiger partial charge on any atom is -0.310 e. The summed E-state index contributed by atoms with van der Waals surface area (Å²) in [6.45, 7) is 5.30. The van der Waals surface area contributed by atoms with Crippen molar-refractivity contribution in [1.29, 1.82) is 0 Å². The van der Waals surface area contributed by atoms with Crippen molar-refractivity contribution in [3.05, 3.63) is 40.3 Å². The molecule has 6 nitrogen and oxygen atoms in total. The molecule has 0 bridgehead atoms. The molecule has 3 rings (SSSR count). The fourth-order valence-corrected chi connectivity index (χ4v) is 3.32. The Labute approximate surface area is 140 Å². The zero-order valence-electron chi connectivity index (χ0n) is 13.3. The molecule has 0 radical (unpaired) electrons. The highest BCUT2D eigenvalue weighted by molar-refractivity contribution is 6.30. The summed E-state index contributed by atoms with van der Waals surface area (Å²) < 4.78 is 0. The molecule has 0 aliphatic carbocycles. The van der Waals surface area contributed by atoms with Gasteiger partial charge in [0.15, 0.2) is 0 Å². The van der Waals surface area contributed by atoms with E-state index in [4.69, 9.17) is 11.6 Å². The van der Waals surface area contributed by atoms with E-state index in [9.17, 15) is 4.79 Å². The van der Waals surface area contributed by atoms with Crippen molar-refractivity contribution < 1.29 is 4.79 Å². The number of aryl methyl sites for hydroxylation is 2. The van der Waals surface area contributed by atoms with Crippen LogP contribution in [0.25, 0.3) is 0 Å². The van der Waals surface area contributed by atoms with Crippen LogP contribution in [0.3, 0.4) is 0 Å². The van der Waals surface area contributed by atoms with Gasteiger partial charge < -0.3 is 5.32 Å². The summed E-state index contributed by atoms with van der Waals surface area (Å²) in [6.07, 6.45) is 3.66. The molecule has 0 spiro atoms. The van der Waals surface area contributed by atoms with Crippen molar-refractivity contribution in [2.24, 2.45) is 0 Å². The molecule has 7 heteroatoms. The lowest BCUT2D eigenvalue weighted by Crippen LogP contribution is -2.33. The number of hydrogen-bond acceptors (Lipinski definition) is 4. The van der Waals surface area contributed by atoms with Crippen molar-refractivity contribution in [1.82, 2.24) is 20.1 Å². The van der Waals surface area contributed by atoms with Crippen molar-refractivity contribution in [3.8, 4) is 0 Å². The Kier molecular flexibility index (Phi) is 4.63. The third kappa shape index (κ3) is 3.54. The average molecular weight is 334 g/mol. The third-order valence-corrected chi connectivity index (χ3v) is 4.45. The summed E-state index contributed by atoms with van der Waals surface area (Å²) in [6, 6.07) is 3.66. The van der Waals surface area contributed by atoms with Gasteiger partial charge >= 0.3 is 0 Å². The number of nitrogens with zero attached hydrogens (tertiary/aromatic N) is 3. The van der Waals surface area contributed by atoms with Crippen LogP contribution in [0, 0.1) is 13.8 Å². The maximum absolute atomic E-state index is 12.3. The molecule has 1 amide bonds. The van der Waals surface area contributed by atoms with Crippen LogP contribution in [0.15, 0.2) is 18.3 Å². The first-order valence-electron chi connectivity index (χ1n) is 7.71. The van der Waals surface area contributed by atoms with Crippen LogP contribution in [0.2, 0.25) is 5.02 Å². The number of hydrogen-bond donors (Lipinski definition) is 2. The fourth-order valence-electron chi connectivity index (χ4n) is 3.21. The second-order valence-electron chi connectivity index (χ2n) is 5.89. The van der Waals surface area contributed by atoms with E-state index < -0.39 is 0 Å². The largest absolute Gasteiger partial charge is 0.310 e. The Bertz CT molecular complexity index is 677. The fraction of sp³-hybridized carbons (Fsp3) is 0.438. The molecule has 1 saturated heterocycles. The van der Waals surface area contributed by atoms with Crippen molar-refractivity contribution in [3.63, 3.8) is 0 Å². The summed E-state index contributed by atoms with van der Waals surface area (Å²) in [5, 5.41) is 10.7. The molecule has 1 aliphatic heterocycles. The first-order valence-corrected chi connectivity index (χ1v) is 8.09. The third-order valence-electron chi connectivity index (χ3n) is 4.22. The number of H-pyrrole nitrogens is 1. The number of carbonyl (C=O) groups is 1. The van der Waals surface area contributed by atoms with Crippen LogP contribution in [-0.2, 0) is 4.79 Å². The van der Waals surface area contributed by atoms with Gasteiger partial charge in [0.1, 0.15) is 5.82 Å². The van der Waals surface area contributed by atoms with E-state index >= 15 is 0 Å². The Balaban J connectivity index is 1.66. The molecular weight excluding hydrogens is 314 g/mol. The van der Waals surface area contributed by atoms with E-state index in [0.29, 0.717) is 17.4 Å². The zero-order valence-corrected chi connectivity index (χ0v) is 14.0. The quantitative estimate of drug-likeness (QED) is 0.902. The van der Waals surface area contributed by atoms with Gasteiger partial charge in [0.25, 0.3) is 0 Å². The van der Waals surface area contributed by atoms with E-state index in [0.717, 1.165) is 30.8 Å². The molecule has 3 heterocycles. The molecule has 1 aliphatic rings. The highest BCUT2D eigenvalue weighted by Crippen LogP contribution is 2.34. The predicted molar refractivity (Wildman–Crippen MR) is 89.5 cm³/mol. The Morgan fingerprint density at radius 2 is 2.30 bits per heavy atom. The predicted octanol–water partition coefficient (Wildman–Crippen LogP) is 2.85. The maximum Gasteiger partial charge on any atom is 0.239 e. The number of likely N-dealkylation sites (tertiary alicyclic amines) is 1. The topological polar surface area (TPSA) is 73.9 Å². The summed E-state index contributed by atoms with van der Waals surface area (Å²) in [4.78, 5) is 18.6. The van der Waals surface area contributed by atoms with Gasteiger partial charge in [-0.1, -0.05) is 11.6 Å². The molecule has 0 saturated carbocycles. The average Bonchev–Trinajstić information content (AvgIpc) is 3.08. The molecule has 2 aromatic heterocycles. The molecule has 0 aromatic carbocycles. The van der Waals surface area contributed by atoms with Gasteiger partial charge in [0.2, 0.25) is 5.91 Å². The Morgan fingerprint density at radius 3 is 2.96 bits per heavy atom. The first kappa shape index (κ1) is 16.0. The van der Waals surface area contributed by atoms with Gasteiger partial charge in [0.05, 0.1) is 17.3 Å². The second kappa shape index (κ2) is 6.68. The molecule has 1 fully saturated rings. The van der Waals surface area contributed by atoms with Crippen molar-refractivity contribution in [2.45, 2.75) is 32.7 Å². The molecule has 2 N–H and O–H groups in total. The summed E-state index contributed by atoms with van der Waals surface area (Å²) in [5.74, 6) is 0.455. The molecule has 23 heavy (non-hydrogen) atoms. The summed E-state index contributed by atoms with van der Waals surface area (Å²) in [5.41, 5.74) is 3.32. The number of anilines is 1. The van der Waals surface area contributed by atoms with Gasteiger partial charge in [0, 0.05) is 23.5 Å². The normalized spacial score (nSPS) is 18.3. The smallest absolute Gasteiger partial charge is 0.239 e. The minimum absolute atomic E-state index is 0.0643. The van der Waals surface area contributed by atoms with E-state index in [1.165, 1.54) is 11.8 Å². The lowest BCUT2D eigenvalue weighted by atomic mass is 10.0. The lowest BCUT2D eigenvalue weighted by molar-refractivity contribution is -0.117. The minimum atomic E-state index is -0.0643. The van der Waals surface area contributed by atoms with Crippen LogP contribution in [0.1, 0.15) is 35.8 Å². The molecule has 122 valence electrons. The highest BCUT2D eigenvalue weighted by atomic mass is 35.5. The van der Waals surface area contributed by atoms with Crippen LogP contribution >= 0.6 is 11.6 Å². The number of halogens is 1. The van der Waals surface area contributed by atoms with Gasteiger partial charge in [-0.25, -0.2) is 4.98 Å². The maximum atomic E-state index is 12.3. The van der Waals surface area contributed by atoms with Gasteiger partial charge in [-0.3, -0.25) is 14.8 Å². The number of carbonyl (C=O) groups excluding carboxylic acids is 1. The van der Waals surface area contributed by atoms with Crippen LogP contribution in [-0.4, -0.2) is 39.1 Å². The van der Waals surface area contributed by atoms with Gasteiger partial charge in [-0.05, 0) is 45.4 Å². The SMILES string of the molecule is Cc1n[nH]c(C)c1C1CCCN1CC(=O)Nc1ccc(Cl)cn1. The first-order chi connectivity index (χ1) is 11.0. The van der Waals surface area contributed by atoms with Crippen molar-refractivity contribution in [2.75, 3.05) is 18.4 Å². The molecule has 1 atom stereocenters. The lowest BCUT2D eigenvalue weighted by Gasteiger charge is -2.24.